The molecule has 1 N–H and O–H groups in total. The molecular formula is C27H28Br2N2O. The van der Waals surface area contributed by atoms with E-state index in [1.54, 1.807) is 0 Å². The Labute approximate surface area is 207 Å². The fourth-order valence-corrected chi connectivity index (χ4v) is 4.48. The maximum absolute atomic E-state index is 6.07. The number of halogens is 2. The van der Waals surface area contributed by atoms with Gasteiger partial charge in [-0.3, -0.25) is 4.99 Å². The van der Waals surface area contributed by atoms with Crippen molar-refractivity contribution in [2.24, 2.45) is 4.99 Å². The Morgan fingerprint density at radius 2 is 1.47 bits per heavy atom. The largest absolute Gasteiger partial charge is 0.493 e. The van der Waals surface area contributed by atoms with Crippen molar-refractivity contribution < 1.29 is 4.74 Å². The molecule has 4 rings (SSSR count). The minimum Gasteiger partial charge on any atom is -0.493 e. The molecule has 166 valence electrons. The van der Waals surface area contributed by atoms with Crippen LogP contribution in [0.1, 0.15) is 62.0 Å². The van der Waals surface area contributed by atoms with Gasteiger partial charge >= 0.3 is 0 Å². The first-order valence-electron chi connectivity index (χ1n) is 10.9. The summed E-state index contributed by atoms with van der Waals surface area (Å²) in [6.07, 6.45) is 0. The van der Waals surface area contributed by atoms with Crippen molar-refractivity contribution in [3.8, 4) is 5.75 Å². The molecule has 0 fully saturated rings. The Morgan fingerprint density at radius 3 is 2.03 bits per heavy atom. The standard InChI is InChI=1S/C27H28Br2N2O/c1-5-32-23-16-19(27(2,3)4)10-15-22(23)26-30-24(17-6-11-20(28)12-7-17)25(31-26)18-8-13-21(29)14-9-18/h6-16,24-25H,5H2,1-4H3,(H,30,31)/t24-,25+. The molecule has 3 aromatic carbocycles. The van der Waals surface area contributed by atoms with Crippen molar-refractivity contribution in [2.45, 2.75) is 45.2 Å². The Hall–Kier alpha value is -2.11. The zero-order valence-corrected chi connectivity index (χ0v) is 22.0. The van der Waals surface area contributed by atoms with Crippen LogP contribution in [0.4, 0.5) is 0 Å². The van der Waals surface area contributed by atoms with Crippen molar-refractivity contribution >= 4 is 37.7 Å². The van der Waals surface area contributed by atoms with Gasteiger partial charge in [-0.2, -0.15) is 0 Å². The predicted octanol–water partition coefficient (Wildman–Crippen LogP) is 7.74. The van der Waals surface area contributed by atoms with E-state index in [1.807, 2.05) is 6.92 Å². The minimum absolute atomic E-state index is 0.0314. The van der Waals surface area contributed by atoms with Gasteiger partial charge in [-0.1, -0.05) is 83.0 Å². The zero-order chi connectivity index (χ0) is 22.9. The van der Waals surface area contributed by atoms with Crippen molar-refractivity contribution in [3.63, 3.8) is 0 Å². The maximum Gasteiger partial charge on any atom is 0.133 e. The molecule has 0 radical (unpaired) electrons. The van der Waals surface area contributed by atoms with E-state index in [-0.39, 0.29) is 17.5 Å². The summed E-state index contributed by atoms with van der Waals surface area (Å²) < 4.78 is 8.19. The fourth-order valence-electron chi connectivity index (χ4n) is 3.95. The number of amidine groups is 1. The molecule has 1 aliphatic rings. The maximum atomic E-state index is 6.07. The molecule has 0 saturated carbocycles. The Bertz CT molecular complexity index is 1120. The first-order chi connectivity index (χ1) is 15.3. The zero-order valence-electron chi connectivity index (χ0n) is 18.8. The summed E-state index contributed by atoms with van der Waals surface area (Å²) >= 11 is 7.10. The highest BCUT2D eigenvalue weighted by atomic mass is 79.9. The highest BCUT2D eigenvalue weighted by Gasteiger charge is 2.33. The molecule has 3 nitrogen and oxygen atoms in total. The summed E-state index contributed by atoms with van der Waals surface area (Å²) in [5.74, 6) is 1.74. The molecule has 0 saturated heterocycles. The van der Waals surface area contributed by atoms with Gasteiger partial charge in [0.25, 0.3) is 0 Å². The van der Waals surface area contributed by atoms with Crippen molar-refractivity contribution in [1.29, 1.82) is 0 Å². The molecule has 0 aliphatic carbocycles. The number of ether oxygens (including phenoxy) is 1. The van der Waals surface area contributed by atoms with Gasteiger partial charge in [-0.25, -0.2) is 0 Å². The summed E-state index contributed by atoms with van der Waals surface area (Å²) in [4.78, 5) is 5.17. The van der Waals surface area contributed by atoms with E-state index < -0.39 is 0 Å². The van der Waals surface area contributed by atoms with Gasteiger partial charge in [0.05, 0.1) is 18.2 Å². The van der Waals surface area contributed by atoms with Crippen LogP contribution in [0.15, 0.2) is 80.7 Å². The highest BCUT2D eigenvalue weighted by molar-refractivity contribution is 9.10. The lowest BCUT2D eigenvalue weighted by atomic mass is 9.86. The molecular weight excluding hydrogens is 528 g/mol. The first-order valence-corrected chi connectivity index (χ1v) is 12.5. The molecule has 0 aromatic heterocycles. The summed E-state index contributed by atoms with van der Waals surface area (Å²) in [7, 11) is 0. The van der Waals surface area contributed by atoms with E-state index >= 15 is 0 Å². The molecule has 3 aromatic rings. The van der Waals surface area contributed by atoms with E-state index in [9.17, 15) is 0 Å². The summed E-state index contributed by atoms with van der Waals surface area (Å²) in [6, 6.07) is 23.4. The predicted molar refractivity (Wildman–Crippen MR) is 140 cm³/mol. The second-order valence-electron chi connectivity index (χ2n) is 9.04. The number of aliphatic imine (C=N–C) groups is 1. The topological polar surface area (TPSA) is 33.6 Å². The first kappa shape index (κ1) is 23.1. The number of hydrogen-bond donors (Lipinski definition) is 1. The van der Waals surface area contributed by atoms with Gasteiger partial charge in [0.1, 0.15) is 17.6 Å². The van der Waals surface area contributed by atoms with Crippen LogP contribution in [0.2, 0.25) is 0 Å². The van der Waals surface area contributed by atoms with E-state index in [0.29, 0.717) is 6.61 Å². The monoisotopic (exact) mass is 554 g/mol. The molecule has 2 atom stereocenters. The van der Waals surface area contributed by atoms with Crippen LogP contribution < -0.4 is 10.1 Å². The van der Waals surface area contributed by atoms with Crippen LogP contribution in [0, 0.1) is 0 Å². The lowest BCUT2D eigenvalue weighted by Gasteiger charge is -2.22. The van der Waals surface area contributed by atoms with E-state index in [2.05, 4.69) is 125 Å². The van der Waals surface area contributed by atoms with Crippen LogP contribution in [0.25, 0.3) is 0 Å². The molecule has 1 heterocycles. The van der Waals surface area contributed by atoms with Gasteiger partial charge in [0, 0.05) is 8.95 Å². The second kappa shape index (κ2) is 9.40. The quantitative estimate of drug-likeness (QED) is 0.349. The summed E-state index contributed by atoms with van der Waals surface area (Å²) in [5.41, 5.74) is 4.67. The van der Waals surface area contributed by atoms with E-state index in [4.69, 9.17) is 9.73 Å². The van der Waals surface area contributed by atoms with Gasteiger partial charge in [0.2, 0.25) is 0 Å². The minimum atomic E-state index is -0.0314. The normalized spacial score (nSPS) is 18.2. The number of benzene rings is 3. The Kier molecular flexibility index (Phi) is 6.78. The Balaban J connectivity index is 1.78. The van der Waals surface area contributed by atoms with Crippen LogP contribution in [0.3, 0.4) is 0 Å². The number of rotatable bonds is 5. The lowest BCUT2D eigenvalue weighted by Crippen LogP contribution is -2.25. The fraction of sp³-hybridized carbons (Fsp3) is 0.296. The molecule has 1 aliphatic heterocycles. The van der Waals surface area contributed by atoms with Crippen LogP contribution in [0.5, 0.6) is 5.75 Å². The smallest absolute Gasteiger partial charge is 0.133 e. The third-order valence-corrected chi connectivity index (χ3v) is 6.78. The van der Waals surface area contributed by atoms with Crippen molar-refractivity contribution in [1.82, 2.24) is 5.32 Å². The molecule has 0 spiro atoms. The van der Waals surface area contributed by atoms with Crippen LogP contribution in [-0.4, -0.2) is 12.4 Å². The number of nitrogens with one attached hydrogen (secondary N) is 1. The Morgan fingerprint density at radius 1 is 0.875 bits per heavy atom. The molecule has 5 heteroatoms. The van der Waals surface area contributed by atoms with Gasteiger partial charge in [0.15, 0.2) is 0 Å². The number of hydrogen-bond acceptors (Lipinski definition) is 3. The summed E-state index contributed by atoms with van der Waals surface area (Å²) in [6.45, 7) is 9.29. The van der Waals surface area contributed by atoms with E-state index in [0.717, 1.165) is 26.1 Å². The number of nitrogens with zero attached hydrogens (tertiary/aromatic N) is 1. The summed E-state index contributed by atoms with van der Waals surface area (Å²) in [5, 5.41) is 3.71. The van der Waals surface area contributed by atoms with Gasteiger partial charge in [-0.15, -0.1) is 0 Å². The lowest BCUT2D eigenvalue weighted by molar-refractivity contribution is 0.338. The molecule has 0 unspecified atom stereocenters. The van der Waals surface area contributed by atoms with Crippen molar-refractivity contribution in [2.75, 3.05) is 6.61 Å². The van der Waals surface area contributed by atoms with Crippen molar-refractivity contribution in [3.05, 3.63) is 97.9 Å². The average Bonchev–Trinajstić information content (AvgIpc) is 3.19. The third kappa shape index (κ3) is 4.94. The average molecular weight is 556 g/mol. The second-order valence-corrected chi connectivity index (χ2v) is 10.9. The third-order valence-electron chi connectivity index (χ3n) is 5.72. The van der Waals surface area contributed by atoms with Crippen LogP contribution in [-0.2, 0) is 5.41 Å². The van der Waals surface area contributed by atoms with Gasteiger partial charge in [-0.05, 0) is 65.4 Å². The van der Waals surface area contributed by atoms with E-state index in [1.165, 1.54) is 16.7 Å². The molecule has 0 amide bonds. The van der Waals surface area contributed by atoms with Crippen LogP contribution >= 0.6 is 31.9 Å². The SMILES string of the molecule is CCOc1cc(C(C)(C)C)ccc1C1=N[C@@H](c2ccc(Br)cc2)[C@@H](c2ccc(Br)cc2)N1. The highest BCUT2D eigenvalue weighted by Crippen LogP contribution is 2.39. The molecule has 32 heavy (non-hydrogen) atoms. The molecule has 0 bridgehead atoms. The van der Waals surface area contributed by atoms with Gasteiger partial charge < -0.3 is 10.1 Å².